The average molecular weight is 388 g/mol. The monoisotopic (exact) mass is 387 g/mol. The van der Waals surface area contributed by atoms with Crippen LogP contribution >= 0.6 is 0 Å². The number of hydrogen-bond donors (Lipinski definition) is 1. The van der Waals surface area contributed by atoms with Crippen LogP contribution in [0.1, 0.15) is 51.9 Å². The third-order valence-corrected chi connectivity index (χ3v) is 6.35. The molecule has 0 bridgehead atoms. The molecule has 1 amide bonds. The summed E-state index contributed by atoms with van der Waals surface area (Å²) in [5.74, 6) is 0.396. The zero-order valence-corrected chi connectivity index (χ0v) is 17.1. The normalized spacial score (nSPS) is 21.0. The standard InChI is InChI=1S/C23H34FN3O/c1-2-5-20(23(25)28)19-10-8-18(9-11-19)12-13-26-14-16-27(17-15-26)22-7-4-3-6-21(22)24/h3-4,6-7,18H,2,5,8-17H2,1H3,(H2,25,28). The van der Waals surface area contributed by atoms with Gasteiger partial charge >= 0.3 is 0 Å². The van der Waals surface area contributed by atoms with Gasteiger partial charge in [0.15, 0.2) is 0 Å². The summed E-state index contributed by atoms with van der Waals surface area (Å²) in [6, 6.07) is 7.06. The van der Waals surface area contributed by atoms with E-state index in [1.165, 1.54) is 30.9 Å². The molecule has 2 N–H and O–H groups in total. The molecule has 154 valence electrons. The second kappa shape index (κ2) is 10.1. The maximum Gasteiger partial charge on any atom is 0.244 e. The summed E-state index contributed by atoms with van der Waals surface area (Å²) in [6.07, 6.45) is 7.42. The molecule has 0 spiro atoms. The highest BCUT2D eigenvalue weighted by Gasteiger charge is 2.23. The van der Waals surface area contributed by atoms with E-state index in [1.54, 1.807) is 6.07 Å². The minimum atomic E-state index is -0.219. The first kappa shape index (κ1) is 20.8. The van der Waals surface area contributed by atoms with E-state index in [2.05, 4.69) is 16.7 Å². The van der Waals surface area contributed by atoms with Crippen LogP contribution in [0, 0.1) is 11.7 Å². The minimum Gasteiger partial charge on any atom is -0.367 e. The van der Waals surface area contributed by atoms with Crippen molar-refractivity contribution in [1.82, 2.24) is 4.90 Å². The number of para-hydroxylation sites is 1. The van der Waals surface area contributed by atoms with Crippen molar-refractivity contribution < 1.29 is 9.18 Å². The molecule has 1 heterocycles. The zero-order chi connectivity index (χ0) is 19.9. The lowest BCUT2D eigenvalue weighted by atomic mass is 9.81. The lowest BCUT2D eigenvalue weighted by molar-refractivity contribution is -0.114. The van der Waals surface area contributed by atoms with E-state index in [1.807, 2.05) is 12.1 Å². The van der Waals surface area contributed by atoms with Crippen molar-refractivity contribution >= 4 is 11.6 Å². The number of hydrogen-bond acceptors (Lipinski definition) is 3. The fourth-order valence-electron chi connectivity index (χ4n) is 4.63. The Balaban J connectivity index is 1.41. The van der Waals surface area contributed by atoms with Crippen LogP contribution in [0.3, 0.4) is 0 Å². The van der Waals surface area contributed by atoms with E-state index in [9.17, 15) is 9.18 Å². The van der Waals surface area contributed by atoms with Gasteiger partial charge in [-0.15, -0.1) is 0 Å². The Morgan fingerprint density at radius 1 is 1.14 bits per heavy atom. The third-order valence-electron chi connectivity index (χ3n) is 6.35. The van der Waals surface area contributed by atoms with Crippen LogP contribution in [0.15, 0.2) is 35.4 Å². The molecule has 1 aliphatic carbocycles. The molecule has 1 saturated heterocycles. The number of primary amides is 1. The fourth-order valence-corrected chi connectivity index (χ4v) is 4.63. The minimum absolute atomic E-state index is 0.125. The molecular weight excluding hydrogens is 353 g/mol. The molecule has 4 nitrogen and oxygen atoms in total. The molecule has 2 aliphatic rings. The predicted molar refractivity (Wildman–Crippen MR) is 113 cm³/mol. The molecular formula is C23H34FN3O. The summed E-state index contributed by atoms with van der Waals surface area (Å²) < 4.78 is 14.0. The van der Waals surface area contributed by atoms with Crippen molar-refractivity contribution in [3.63, 3.8) is 0 Å². The van der Waals surface area contributed by atoms with Gasteiger partial charge in [0.05, 0.1) is 5.69 Å². The van der Waals surface area contributed by atoms with Crippen LogP contribution in [0.25, 0.3) is 0 Å². The maximum absolute atomic E-state index is 14.0. The molecule has 28 heavy (non-hydrogen) atoms. The van der Waals surface area contributed by atoms with Crippen LogP contribution in [0.4, 0.5) is 10.1 Å². The van der Waals surface area contributed by atoms with Crippen molar-refractivity contribution in [2.75, 3.05) is 37.6 Å². The predicted octanol–water partition coefficient (Wildman–Crippen LogP) is 4.11. The molecule has 0 radical (unpaired) electrons. The molecule has 1 saturated carbocycles. The van der Waals surface area contributed by atoms with E-state index >= 15 is 0 Å². The Kier molecular flexibility index (Phi) is 7.49. The molecule has 5 heteroatoms. The van der Waals surface area contributed by atoms with E-state index < -0.39 is 0 Å². The Bertz CT molecular complexity index is 685. The van der Waals surface area contributed by atoms with Crippen molar-refractivity contribution in [3.05, 3.63) is 41.2 Å². The highest BCUT2D eigenvalue weighted by molar-refractivity contribution is 5.92. The molecule has 1 aromatic rings. The SMILES string of the molecule is CCCC(C(N)=O)=C1CCC(CCN2CCN(c3ccccc3F)CC2)CC1. The smallest absolute Gasteiger partial charge is 0.244 e. The summed E-state index contributed by atoms with van der Waals surface area (Å²) in [5, 5.41) is 0. The van der Waals surface area contributed by atoms with Gasteiger partial charge in [0, 0.05) is 31.8 Å². The Morgan fingerprint density at radius 3 is 2.43 bits per heavy atom. The molecule has 3 rings (SSSR count). The summed E-state index contributed by atoms with van der Waals surface area (Å²) in [5.41, 5.74) is 8.51. The lowest BCUT2D eigenvalue weighted by Crippen LogP contribution is -2.47. The number of halogens is 1. The van der Waals surface area contributed by atoms with Gasteiger partial charge in [-0.3, -0.25) is 9.69 Å². The second-order valence-corrected chi connectivity index (χ2v) is 8.21. The summed E-state index contributed by atoms with van der Waals surface area (Å²) in [7, 11) is 0. The number of rotatable bonds is 7. The van der Waals surface area contributed by atoms with Crippen LogP contribution in [0.5, 0.6) is 0 Å². The van der Waals surface area contributed by atoms with Gasteiger partial charge in [0.25, 0.3) is 0 Å². The van der Waals surface area contributed by atoms with Gasteiger partial charge < -0.3 is 10.6 Å². The first-order chi connectivity index (χ1) is 13.6. The molecule has 2 fully saturated rings. The van der Waals surface area contributed by atoms with Crippen molar-refractivity contribution in [2.45, 2.75) is 51.9 Å². The van der Waals surface area contributed by atoms with Gasteiger partial charge in [-0.2, -0.15) is 0 Å². The van der Waals surface area contributed by atoms with Crippen LogP contribution in [-0.4, -0.2) is 43.5 Å². The van der Waals surface area contributed by atoms with Crippen LogP contribution in [-0.2, 0) is 4.79 Å². The maximum atomic E-state index is 14.0. The molecule has 0 aromatic heterocycles. The quantitative estimate of drug-likeness (QED) is 0.716. The Hall–Kier alpha value is -1.88. The fraction of sp³-hybridized carbons (Fsp3) is 0.609. The van der Waals surface area contributed by atoms with Gasteiger partial charge in [-0.1, -0.05) is 31.1 Å². The first-order valence-electron chi connectivity index (χ1n) is 10.8. The number of carbonyl (C=O) groups excluding carboxylic acids is 1. The largest absolute Gasteiger partial charge is 0.367 e. The van der Waals surface area contributed by atoms with E-state index in [0.717, 1.165) is 75.6 Å². The molecule has 1 aliphatic heterocycles. The van der Waals surface area contributed by atoms with Crippen molar-refractivity contribution in [1.29, 1.82) is 0 Å². The Morgan fingerprint density at radius 2 is 1.82 bits per heavy atom. The number of amides is 1. The van der Waals surface area contributed by atoms with E-state index in [4.69, 9.17) is 5.73 Å². The average Bonchev–Trinajstić information content (AvgIpc) is 2.72. The molecule has 1 aromatic carbocycles. The highest BCUT2D eigenvalue weighted by Crippen LogP contribution is 2.33. The number of nitrogens with zero attached hydrogens (tertiary/aromatic N) is 2. The summed E-state index contributed by atoms with van der Waals surface area (Å²) >= 11 is 0. The van der Waals surface area contributed by atoms with Crippen LogP contribution in [0.2, 0.25) is 0 Å². The van der Waals surface area contributed by atoms with Crippen molar-refractivity contribution in [2.24, 2.45) is 11.7 Å². The second-order valence-electron chi connectivity index (χ2n) is 8.21. The number of allylic oxidation sites excluding steroid dienone is 1. The number of anilines is 1. The lowest BCUT2D eigenvalue weighted by Gasteiger charge is -2.37. The number of nitrogens with two attached hydrogens (primary N) is 1. The van der Waals surface area contributed by atoms with Gasteiger partial charge in [-0.25, -0.2) is 4.39 Å². The van der Waals surface area contributed by atoms with E-state index in [0.29, 0.717) is 0 Å². The van der Waals surface area contributed by atoms with Gasteiger partial charge in [-0.05, 0) is 63.1 Å². The number of piperazine rings is 1. The van der Waals surface area contributed by atoms with Crippen molar-refractivity contribution in [3.8, 4) is 0 Å². The highest BCUT2D eigenvalue weighted by atomic mass is 19.1. The third kappa shape index (κ3) is 5.34. The molecule has 0 unspecified atom stereocenters. The summed E-state index contributed by atoms with van der Waals surface area (Å²) in [4.78, 5) is 16.3. The van der Waals surface area contributed by atoms with Gasteiger partial charge in [0.1, 0.15) is 5.82 Å². The topological polar surface area (TPSA) is 49.6 Å². The van der Waals surface area contributed by atoms with Crippen LogP contribution < -0.4 is 10.6 Å². The molecule has 0 atom stereocenters. The Labute approximate surface area is 168 Å². The van der Waals surface area contributed by atoms with E-state index in [-0.39, 0.29) is 11.7 Å². The number of carbonyl (C=O) groups is 1. The summed E-state index contributed by atoms with van der Waals surface area (Å²) in [6.45, 7) is 6.98. The zero-order valence-electron chi connectivity index (χ0n) is 17.1. The van der Waals surface area contributed by atoms with Gasteiger partial charge in [0.2, 0.25) is 5.91 Å². The first-order valence-corrected chi connectivity index (χ1v) is 10.8. The number of benzene rings is 1.